The minimum absolute atomic E-state index is 0.0594. The molecule has 2 atom stereocenters. The Balaban J connectivity index is 1.90. The molecule has 0 N–H and O–H groups in total. The Morgan fingerprint density at radius 1 is 1.00 bits per heavy atom. The van der Waals surface area contributed by atoms with Crippen LogP contribution in [0.4, 0.5) is 0 Å². The number of allylic oxidation sites excluding steroid dienone is 2. The van der Waals surface area contributed by atoms with Crippen molar-refractivity contribution in [3.63, 3.8) is 0 Å². The van der Waals surface area contributed by atoms with E-state index in [-0.39, 0.29) is 11.9 Å². The molecule has 76 valence electrons. The van der Waals surface area contributed by atoms with Crippen molar-refractivity contribution in [1.82, 2.24) is 0 Å². The first-order valence-electron chi connectivity index (χ1n) is 5.80. The second kappa shape index (κ2) is 3.11. The summed E-state index contributed by atoms with van der Waals surface area (Å²) >= 11 is 0. The number of rotatable bonds is 0. The van der Waals surface area contributed by atoms with Gasteiger partial charge in [0, 0.05) is 5.92 Å². The van der Waals surface area contributed by atoms with Gasteiger partial charge in [-0.15, -0.1) is 0 Å². The lowest BCUT2D eigenvalue weighted by molar-refractivity contribution is -0.139. The van der Waals surface area contributed by atoms with Crippen LogP contribution in [0.15, 0.2) is 11.3 Å². The predicted molar refractivity (Wildman–Crippen MR) is 52.4 cm³/mol. The van der Waals surface area contributed by atoms with Gasteiger partial charge in [0.2, 0.25) is 0 Å². The zero-order valence-corrected chi connectivity index (χ0v) is 8.42. The zero-order chi connectivity index (χ0) is 9.54. The van der Waals surface area contributed by atoms with Crippen molar-refractivity contribution in [2.45, 2.75) is 44.9 Å². The third-order valence-corrected chi connectivity index (χ3v) is 3.92. The van der Waals surface area contributed by atoms with Crippen molar-refractivity contribution in [3.8, 4) is 0 Å². The van der Waals surface area contributed by atoms with Crippen molar-refractivity contribution in [2.75, 3.05) is 0 Å². The van der Waals surface area contributed by atoms with Crippen LogP contribution in [0.5, 0.6) is 0 Å². The Kier molecular flexibility index (Phi) is 1.89. The number of esters is 1. The van der Waals surface area contributed by atoms with E-state index in [1.165, 1.54) is 44.1 Å². The van der Waals surface area contributed by atoms with Gasteiger partial charge in [-0.1, -0.05) is 12.8 Å². The highest BCUT2D eigenvalue weighted by Crippen LogP contribution is 2.46. The maximum atomic E-state index is 11.6. The highest BCUT2D eigenvalue weighted by molar-refractivity contribution is 5.77. The van der Waals surface area contributed by atoms with E-state index in [9.17, 15) is 4.79 Å². The molecule has 0 aromatic heterocycles. The van der Waals surface area contributed by atoms with E-state index in [2.05, 4.69) is 0 Å². The maximum Gasteiger partial charge on any atom is 0.314 e. The van der Waals surface area contributed by atoms with Gasteiger partial charge in [-0.25, -0.2) is 0 Å². The lowest BCUT2D eigenvalue weighted by atomic mass is 9.77. The van der Waals surface area contributed by atoms with E-state index >= 15 is 0 Å². The maximum absolute atomic E-state index is 11.6. The molecule has 2 unspecified atom stereocenters. The van der Waals surface area contributed by atoms with Crippen LogP contribution in [-0.2, 0) is 9.53 Å². The molecule has 0 amide bonds. The summed E-state index contributed by atoms with van der Waals surface area (Å²) < 4.78 is 5.45. The van der Waals surface area contributed by atoms with Crippen LogP contribution in [0.25, 0.3) is 0 Å². The minimum atomic E-state index is 0.0594. The Labute approximate surface area is 84.3 Å². The molecule has 0 aromatic rings. The average molecular weight is 192 g/mol. The van der Waals surface area contributed by atoms with Crippen LogP contribution in [0, 0.1) is 11.8 Å². The lowest BCUT2D eigenvalue weighted by Gasteiger charge is -2.25. The number of hydrogen-bond acceptors (Lipinski definition) is 2. The number of ether oxygens (including phenoxy) is 1. The molecule has 2 heteroatoms. The molecule has 3 aliphatic rings. The van der Waals surface area contributed by atoms with E-state index < -0.39 is 0 Å². The Morgan fingerprint density at radius 3 is 2.36 bits per heavy atom. The Hall–Kier alpha value is -0.790. The molecule has 0 bridgehead atoms. The fourth-order valence-electron chi connectivity index (χ4n) is 2.92. The summed E-state index contributed by atoms with van der Waals surface area (Å²) in [5.74, 6) is 1.83. The summed E-state index contributed by atoms with van der Waals surface area (Å²) in [6.07, 6.45) is 8.34. The van der Waals surface area contributed by atoms with Gasteiger partial charge in [-0.2, -0.15) is 0 Å². The molecule has 0 radical (unpaired) electrons. The minimum Gasteiger partial charge on any atom is -0.431 e. The van der Waals surface area contributed by atoms with Crippen LogP contribution >= 0.6 is 0 Å². The van der Waals surface area contributed by atoms with E-state index in [1.54, 1.807) is 0 Å². The number of fused-ring (bicyclic) bond motifs is 1. The molecule has 14 heavy (non-hydrogen) atoms. The first-order valence-corrected chi connectivity index (χ1v) is 5.80. The summed E-state index contributed by atoms with van der Waals surface area (Å²) in [5, 5.41) is 0. The molecule has 0 aromatic carbocycles. The fourth-order valence-corrected chi connectivity index (χ4v) is 2.92. The normalized spacial score (nSPS) is 36.4. The molecule has 3 fully saturated rings. The molecule has 3 rings (SSSR count). The fraction of sp³-hybridized carbons (Fsp3) is 0.750. The monoisotopic (exact) mass is 192 g/mol. The van der Waals surface area contributed by atoms with Crippen molar-refractivity contribution in [1.29, 1.82) is 0 Å². The van der Waals surface area contributed by atoms with Gasteiger partial charge in [0.05, 0.1) is 5.92 Å². The summed E-state index contributed by atoms with van der Waals surface area (Å²) in [6.45, 7) is 0. The Bertz CT molecular complexity index is 297. The highest BCUT2D eigenvalue weighted by Gasteiger charge is 2.43. The SMILES string of the molecule is O=C1OC(=C2CCC2)C2CCCCC12. The molecular formula is C12H16O2. The van der Waals surface area contributed by atoms with Gasteiger partial charge >= 0.3 is 5.97 Å². The topological polar surface area (TPSA) is 26.3 Å². The largest absolute Gasteiger partial charge is 0.431 e. The summed E-state index contributed by atoms with van der Waals surface area (Å²) in [6, 6.07) is 0. The highest BCUT2D eigenvalue weighted by atomic mass is 16.5. The van der Waals surface area contributed by atoms with Crippen LogP contribution in [-0.4, -0.2) is 5.97 Å². The van der Waals surface area contributed by atoms with Crippen molar-refractivity contribution >= 4 is 5.97 Å². The van der Waals surface area contributed by atoms with Crippen LogP contribution in [0.2, 0.25) is 0 Å². The molecule has 2 nitrogen and oxygen atoms in total. The van der Waals surface area contributed by atoms with Gasteiger partial charge in [-0.05, 0) is 37.7 Å². The van der Waals surface area contributed by atoms with Gasteiger partial charge in [0.1, 0.15) is 5.76 Å². The van der Waals surface area contributed by atoms with Crippen molar-refractivity contribution in [2.24, 2.45) is 11.8 Å². The third kappa shape index (κ3) is 1.13. The van der Waals surface area contributed by atoms with E-state index in [4.69, 9.17) is 4.74 Å². The van der Waals surface area contributed by atoms with Crippen LogP contribution < -0.4 is 0 Å². The zero-order valence-electron chi connectivity index (χ0n) is 8.42. The quantitative estimate of drug-likeness (QED) is 0.552. The number of carbonyl (C=O) groups excluding carboxylic acids is 1. The molecule has 1 heterocycles. The third-order valence-electron chi connectivity index (χ3n) is 3.92. The van der Waals surface area contributed by atoms with Crippen LogP contribution in [0.1, 0.15) is 44.9 Å². The molecule has 2 saturated carbocycles. The molecule has 2 aliphatic carbocycles. The molecule has 1 saturated heterocycles. The second-order valence-corrected chi connectivity index (χ2v) is 4.74. The number of cyclic esters (lactones) is 1. The van der Waals surface area contributed by atoms with E-state index in [0.29, 0.717) is 5.92 Å². The molecule has 1 aliphatic heterocycles. The smallest absolute Gasteiger partial charge is 0.314 e. The van der Waals surface area contributed by atoms with E-state index in [0.717, 1.165) is 12.2 Å². The van der Waals surface area contributed by atoms with Gasteiger partial charge in [-0.3, -0.25) is 4.79 Å². The Morgan fingerprint density at radius 2 is 1.71 bits per heavy atom. The van der Waals surface area contributed by atoms with E-state index in [1.807, 2.05) is 0 Å². The number of carbonyl (C=O) groups is 1. The van der Waals surface area contributed by atoms with Gasteiger partial charge in [0.25, 0.3) is 0 Å². The van der Waals surface area contributed by atoms with Gasteiger partial charge in [0.15, 0.2) is 0 Å². The van der Waals surface area contributed by atoms with Gasteiger partial charge < -0.3 is 4.74 Å². The molecular weight excluding hydrogens is 176 g/mol. The van der Waals surface area contributed by atoms with Crippen molar-refractivity contribution < 1.29 is 9.53 Å². The average Bonchev–Trinajstić information content (AvgIpc) is 2.43. The molecule has 0 spiro atoms. The summed E-state index contributed by atoms with van der Waals surface area (Å²) in [5.41, 5.74) is 1.44. The second-order valence-electron chi connectivity index (χ2n) is 4.74. The first-order chi connectivity index (χ1) is 6.86. The summed E-state index contributed by atoms with van der Waals surface area (Å²) in [4.78, 5) is 11.6. The first kappa shape index (κ1) is 8.51. The lowest BCUT2D eigenvalue weighted by Crippen LogP contribution is -2.20. The predicted octanol–water partition coefficient (Wildman–Crippen LogP) is 2.79. The summed E-state index contributed by atoms with van der Waals surface area (Å²) in [7, 11) is 0. The number of hydrogen-bond donors (Lipinski definition) is 0. The van der Waals surface area contributed by atoms with Crippen LogP contribution in [0.3, 0.4) is 0 Å². The standard InChI is InChI=1S/C12H16O2/c13-12-10-7-2-1-6-9(10)11(14-12)8-4-3-5-8/h9-10H,1-7H2. The van der Waals surface area contributed by atoms with Crippen molar-refractivity contribution in [3.05, 3.63) is 11.3 Å².